The van der Waals surface area contributed by atoms with Gasteiger partial charge in [0.05, 0.1) is 5.69 Å². The molecule has 0 amide bonds. The van der Waals surface area contributed by atoms with Gasteiger partial charge in [0.1, 0.15) is 5.69 Å². The summed E-state index contributed by atoms with van der Waals surface area (Å²) in [5.41, 5.74) is 10.7. The first-order chi connectivity index (χ1) is 15.0. The molecule has 1 aromatic carbocycles. The minimum absolute atomic E-state index is 0.0134. The molecule has 1 aromatic rings. The van der Waals surface area contributed by atoms with Gasteiger partial charge in [0.15, 0.2) is 11.8 Å². The van der Waals surface area contributed by atoms with Gasteiger partial charge in [0, 0.05) is 49.6 Å². The third-order valence-corrected chi connectivity index (χ3v) is 6.16. The molecule has 0 aromatic heterocycles. The van der Waals surface area contributed by atoms with Crippen molar-refractivity contribution in [3.05, 3.63) is 63.5 Å². The average molecular weight is 422 g/mol. The number of H-pyrrole nitrogens is 1. The zero-order valence-electron chi connectivity index (χ0n) is 18.4. The molecule has 0 radical (unpaired) electrons. The van der Waals surface area contributed by atoms with Crippen LogP contribution in [0.3, 0.4) is 0 Å². The van der Waals surface area contributed by atoms with E-state index in [1.807, 2.05) is 12.3 Å². The van der Waals surface area contributed by atoms with Gasteiger partial charge in [-0.1, -0.05) is 32.0 Å². The quantitative estimate of drug-likeness (QED) is 0.266. The Morgan fingerprint density at radius 3 is 3.00 bits per heavy atom. The Kier molecular flexibility index (Phi) is 5.97. The monoisotopic (exact) mass is 421 g/mol. The smallest absolute Gasteiger partial charge is 0.278 e. The first-order valence-corrected chi connectivity index (χ1v) is 11.0. The molecular weight excluding hydrogens is 390 g/mol. The molecule has 0 bridgehead atoms. The number of aromatic amines is 1. The lowest BCUT2D eigenvalue weighted by molar-refractivity contribution is 0.707. The van der Waals surface area contributed by atoms with Crippen LogP contribution in [0, 0.1) is 0 Å². The van der Waals surface area contributed by atoms with Crippen molar-refractivity contribution in [3.63, 3.8) is 0 Å². The number of imidazole rings is 1. The number of fused-ring (bicyclic) bond motifs is 2. The summed E-state index contributed by atoms with van der Waals surface area (Å²) < 4.78 is 1.74. The Bertz CT molecular complexity index is 1110. The summed E-state index contributed by atoms with van der Waals surface area (Å²) in [4.78, 5) is 25.5. The number of guanidine groups is 1. The average Bonchev–Trinajstić information content (AvgIpc) is 3.37. The van der Waals surface area contributed by atoms with E-state index >= 15 is 0 Å². The minimum Gasteiger partial charge on any atom is -0.384 e. The molecule has 3 aliphatic rings. The van der Waals surface area contributed by atoms with E-state index < -0.39 is 0 Å². The third-order valence-electron chi connectivity index (χ3n) is 6.16. The Morgan fingerprint density at radius 2 is 2.23 bits per heavy atom. The molecule has 0 fully saturated rings. The van der Waals surface area contributed by atoms with Crippen molar-refractivity contribution in [3.8, 4) is 5.82 Å². The van der Waals surface area contributed by atoms with Crippen molar-refractivity contribution in [1.82, 2.24) is 19.9 Å². The molecular formula is C23H31N7O. The van der Waals surface area contributed by atoms with Crippen LogP contribution in [0.4, 0.5) is 5.69 Å². The molecule has 0 aliphatic carbocycles. The standard InChI is InChI=1S/C23H31N7O/c1-4-14(2)20-22(31)30-13-19(16-12-27-17-9-6-5-8-15(16)17)28-18(21(30)29-20)10-7-11-26-23(24)25-3/h5-6,8-9,13-14,16,27-28H,4,7,10-12H2,1-3H3,(H3,24,25,26). The molecule has 8 heteroatoms. The number of anilines is 1. The molecule has 5 N–H and O–H groups in total. The van der Waals surface area contributed by atoms with E-state index in [9.17, 15) is 4.79 Å². The van der Waals surface area contributed by atoms with Crippen LogP contribution < -0.4 is 21.9 Å². The van der Waals surface area contributed by atoms with Gasteiger partial charge >= 0.3 is 0 Å². The predicted octanol–water partition coefficient (Wildman–Crippen LogP) is 2.54. The number of aryl methyl sites for hydroxylation is 1. The molecule has 0 saturated carbocycles. The summed E-state index contributed by atoms with van der Waals surface area (Å²) in [6.07, 6.45) is 4.41. The number of aliphatic imine (C=N–C) groups is 1. The van der Waals surface area contributed by atoms with E-state index in [-0.39, 0.29) is 17.4 Å². The van der Waals surface area contributed by atoms with Gasteiger partial charge in [0.25, 0.3) is 5.56 Å². The van der Waals surface area contributed by atoms with Crippen LogP contribution in [0.15, 0.2) is 40.2 Å². The van der Waals surface area contributed by atoms with Crippen molar-refractivity contribution < 1.29 is 0 Å². The number of rotatable bonds is 7. The summed E-state index contributed by atoms with van der Waals surface area (Å²) in [6.45, 7) is 5.64. The maximum absolute atomic E-state index is 13.2. The van der Waals surface area contributed by atoms with Crippen molar-refractivity contribution in [1.29, 1.82) is 0 Å². The molecule has 8 nitrogen and oxygen atoms in total. The molecule has 31 heavy (non-hydrogen) atoms. The third kappa shape index (κ3) is 4.02. The number of hydrogen-bond acceptors (Lipinski definition) is 4. The summed E-state index contributed by atoms with van der Waals surface area (Å²) in [7, 11) is 1.66. The fourth-order valence-corrected chi connectivity index (χ4v) is 4.16. The van der Waals surface area contributed by atoms with E-state index in [1.165, 1.54) is 5.56 Å². The molecule has 3 aliphatic heterocycles. The van der Waals surface area contributed by atoms with Gasteiger partial charge in [0.2, 0.25) is 0 Å². The van der Waals surface area contributed by atoms with Crippen LogP contribution in [0.25, 0.3) is 5.82 Å². The highest BCUT2D eigenvalue weighted by Gasteiger charge is 2.28. The Balaban J connectivity index is 1.72. The lowest BCUT2D eigenvalue weighted by atomic mass is 9.98. The van der Waals surface area contributed by atoms with Crippen LogP contribution in [-0.2, 0) is 6.42 Å². The Labute approximate surface area is 182 Å². The lowest BCUT2D eigenvalue weighted by Crippen LogP contribution is -2.32. The van der Waals surface area contributed by atoms with Crippen molar-refractivity contribution in [2.75, 3.05) is 25.5 Å². The summed E-state index contributed by atoms with van der Waals surface area (Å²) in [5, 5.41) is 6.57. The second kappa shape index (κ2) is 8.83. The molecule has 2 atom stereocenters. The SMILES string of the molecule is CCC(C)c1nc2c(CCCN/C(N)=N\C)[nH]c(C3CNc4ccccc43)cn-2c1=O. The second-order valence-electron chi connectivity index (χ2n) is 8.15. The fraction of sp³-hybridized carbons (Fsp3) is 0.435. The van der Waals surface area contributed by atoms with E-state index in [2.05, 4.69) is 52.7 Å². The topological polar surface area (TPSA) is 113 Å². The van der Waals surface area contributed by atoms with Gasteiger partial charge in [-0.15, -0.1) is 0 Å². The Hall–Kier alpha value is -3.29. The first-order valence-electron chi connectivity index (χ1n) is 11.0. The van der Waals surface area contributed by atoms with E-state index in [4.69, 9.17) is 10.7 Å². The van der Waals surface area contributed by atoms with Crippen molar-refractivity contribution in [2.45, 2.75) is 44.9 Å². The van der Waals surface area contributed by atoms with E-state index in [1.54, 1.807) is 11.6 Å². The molecule has 164 valence electrons. The number of para-hydroxylation sites is 1. The normalized spacial score (nSPS) is 16.9. The highest BCUT2D eigenvalue weighted by Crippen LogP contribution is 2.35. The largest absolute Gasteiger partial charge is 0.384 e. The fourth-order valence-electron chi connectivity index (χ4n) is 4.16. The predicted molar refractivity (Wildman–Crippen MR) is 125 cm³/mol. The maximum Gasteiger partial charge on any atom is 0.278 e. The number of nitrogens with zero attached hydrogens (tertiary/aromatic N) is 3. The van der Waals surface area contributed by atoms with E-state index in [0.29, 0.717) is 18.2 Å². The summed E-state index contributed by atoms with van der Waals surface area (Å²) in [5.74, 6) is 1.44. The maximum atomic E-state index is 13.2. The van der Waals surface area contributed by atoms with Crippen LogP contribution in [0.1, 0.15) is 61.2 Å². The Morgan fingerprint density at radius 1 is 1.42 bits per heavy atom. The van der Waals surface area contributed by atoms with Gasteiger partial charge < -0.3 is 21.4 Å². The van der Waals surface area contributed by atoms with Crippen LogP contribution in [0.2, 0.25) is 0 Å². The van der Waals surface area contributed by atoms with Gasteiger partial charge in [-0.3, -0.25) is 14.4 Å². The highest BCUT2D eigenvalue weighted by atomic mass is 16.1. The summed E-state index contributed by atoms with van der Waals surface area (Å²) >= 11 is 0. The number of nitrogens with one attached hydrogen (secondary N) is 3. The highest BCUT2D eigenvalue weighted by molar-refractivity contribution is 5.77. The van der Waals surface area contributed by atoms with Gasteiger partial charge in [-0.05, 0) is 30.9 Å². The summed E-state index contributed by atoms with van der Waals surface area (Å²) in [6, 6.07) is 8.33. The van der Waals surface area contributed by atoms with Gasteiger partial charge in [-0.25, -0.2) is 4.98 Å². The minimum atomic E-state index is -0.0134. The van der Waals surface area contributed by atoms with Crippen molar-refractivity contribution >= 4 is 11.6 Å². The molecule has 4 rings (SSSR count). The zero-order chi connectivity index (χ0) is 22.0. The van der Waals surface area contributed by atoms with E-state index in [0.717, 1.165) is 48.7 Å². The second-order valence-corrected chi connectivity index (χ2v) is 8.15. The zero-order valence-corrected chi connectivity index (χ0v) is 18.4. The first kappa shape index (κ1) is 21.0. The number of benzene rings is 1. The van der Waals surface area contributed by atoms with Gasteiger partial charge in [-0.2, -0.15) is 0 Å². The molecule has 3 heterocycles. The number of nitrogens with two attached hydrogens (primary N) is 1. The van der Waals surface area contributed by atoms with Crippen LogP contribution in [0.5, 0.6) is 0 Å². The van der Waals surface area contributed by atoms with Crippen LogP contribution >= 0.6 is 0 Å². The number of hydrogen-bond donors (Lipinski definition) is 4. The molecule has 2 unspecified atom stereocenters. The molecule has 0 spiro atoms. The number of aromatic nitrogens is 3. The van der Waals surface area contributed by atoms with Crippen LogP contribution in [-0.4, -0.2) is 40.6 Å². The van der Waals surface area contributed by atoms with Crippen molar-refractivity contribution in [2.24, 2.45) is 10.7 Å². The molecule has 0 saturated heterocycles. The lowest BCUT2D eigenvalue weighted by Gasteiger charge is -2.17.